The molecule has 3 rings (SSSR count). The summed E-state index contributed by atoms with van der Waals surface area (Å²) in [5.41, 5.74) is 1.22. The van der Waals surface area contributed by atoms with E-state index >= 15 is 0 Å². The van der Waals surface area contributed by atoms with Crippen LogP contribution in [0, 0.1) is 13.8 Å². The third-order valence-electron chi connectivity index (χ3n) is 4.46. The van der Waals surface area contributed by atoms with Crippen molar-refractivity contribution in [3.8, 4) is 0 Å². The Morgan fingerprint density at radius 3 is 2.62 bits per heavy atom. The lowest BCUT2D eigenvalue weighted by Gasteiger charge is -2.42. The summed E-state index contributed by atoms with van der Waals surface area (Å²) in [6, 6.07) is 7.19. The van der Waals surface area contributed by atoms with Crippen LogP contribution in [-0.2, 0) is 9.59 Å². The third kappa shape index (κ3) is 3.12. The van der Waals surface area contributed by atoms with Gasteiger partial charge in [0.2, 0.25) is 11.8 Å². The number of para-hydroxylation sites is 2. The van der Waals surface area contributed by atoms with Crippen molar-refractivity contribution in [3.63, 3.8) is 0 Å². The maximum atomic E-state index is 12.9. The molecule has 2 N–H and O–H groups in total. The quantitative estimate of drug-likeness (QED) is 0.636. The van der Waals surface area contributed by atoms with Gasteiger partial charge >= 0.3 is 0 Å². The van der Waals surface area contributed by atoms with Crippen LogP contribution >= 0.6 is 11.8 Å². The van der Waals surface area contributed by atoms with Crippen LogP contribution in [0.1, 0.15) is 25.1 Å². The molecule has 136 valence electrons. The lowest BCUT2D eigenvalue weighted by Crippen LogP contribution is -2.59. The Labute approximate surface area is 155 Å². The molecule has 7 nitrogen and oxygen atoms in total. The van der Waals surface area contributed by atoms with Crippen LogP contribution in [0.4, 0.5) is 11.4 Å². The first-order valence-electron chi connectivity index (χ1n) is 8.15. The van der Waals surface area contributed by atoms with Gasteiger partial charge in [0.25, 0.3) is 5.56 Å². The number of hydrogen-bond acceptors (Lipinski definition) is 5. The fourth-order valence-corrected chi connectivity index (χ4v) is 3.54. The lowest BCUT2D eigenvalue weighted by molar-refractivity contribution is -0.125. The van der Waals surface area contributed by atoms with Crippen LogP contribution in [-0.4, -0.2) is 33.1 Å². The highest BCUT2D eigenvalue weighted by molar-refractivity contribution is 7.99. The van der Waals surface area contributed by atoms with Gasteiger partial charge in [0, 0.05) is 11.3 Å². The smallest absolute Gasteiger partial charge is 0.254 e. The molecule has 0 bridgehead atoms. The van der Waals surface area contributed by atoms with Gasteiger partial charge in [0.05, 0.1) is 17.1 Å². The minimum Gasteiger partial charge on any atom is -0.322 e. The monoisotopic (exact) mass is 372 g/mol. The maximum absolute atomic E-state index is 12.9. The predicted octanol–water partition coefficient (Wildman–Crippen LogP) is 2.24. The number of carbonyl (C=O) groups excluding carboxylic acids is 2. The molecule has 0 aliphatic carbocycles. The Morgan fingerprint density at radius 1 is 1.23 bits per heavy atom. The van der Waals surface area contributed by atoms with Gasteiger partial charge < -0.3 is 10.3 Å². The zero-order valence-electron chi connectivity index (χ0n) is 15.0. The Balaban J connectivity index is 1.87. The molecule has 0 spiro atoms. The number of nitrogens with one attached hydrogen (secondary N) is 2. The van der Waals surface area contributed by atoms with Crippen molar-refractivity contribution in [1.29, 1.82) is 0 Å². The number of anilines is 2. The van der Waals surface area contributed by atoms with Gasteiger partial charge in [0.1, 0.15) is 5.54 Å². The fraction of sp³-hybridized carbons (Fsp3) is 0.333. The number of H-pyrrole nitrogens is 1. The normalized spacial score (nSPS) is 15.4. The minimum absolute atomic E-state index is 0.0521. The van der Waals surface area contributed by atoms with Gasteiger partial charge in [-0.1, -0.05) is 23.9 Å². The third-order valence-corrected chi connectivity index (χ3v) is 5.32. The molecule has 2 heterocycles. The maximum Gasteiger partial charge on any atom is 0.254 e. The topological polar surface area (TPSA) is 95.2 Å². The van der Waals surface area contributed by atoms with Crippen LogP contribution < -0.4 is 15.8 Å². The Morgan fingerprint density at radius 2 is 1.92 bits per heavy atom. The number of nitrogens with zero attached hydrogens (tertiary/aromatic N) is 2. The first kappa shape index (κ1) is 18.2. The van der Waals surface area contributed by atoms with Gasteiger partial charge in [-0.15, -0.1) is 0 Å². The number of hydrogen-bond donors (Lipinski definition) is 2. The molecule has 0 saturated heterocycles. The highest BCUT2D eigenvalue weighted by Gasteiger charge is 2.43. The second-order valence-electron chi connectivity index (χ2n) is 6.63. The van der Waals surface area contributed by atoms with Crippen LogP contribution in [0.25, 0.3) is 0 Å². The molecule has 1 aromatic carbocycles. The second kappa shape index (κ2) is 6.60. The molecule has 1 aliphatic heterocycles. The summed E-state index contributed by atoms with van der Waals surface area (Å²) < 4.78 is 0. The number of aromatic amines is 1. The number of amides is 2. The summed E-state index contributed by atoms with van der Waals surface area (Å²) in [6.07, 6.45) is 0. The minimum atomic E-state index is -1.02. The van der Waals surface area contributed by atoms with Crippen LogP contribution in [0.3, 0.4) is 0 Å². The molecule has 2 amide bonds. The van der Waals surface area contributed by atoms with Crippen LogP contribution in [0.2, 0.25) is 0 Å². The van der Waals surface area contributed by atoms with E-state index in [-0.39, 0.29) is 23.1 Å². The van der Waals surface area contributed by atoms with Crippen LogP contribution in [0.15, 0.2) is 34.2 Å². The number of benzene rings is 1. The van der Waals surface area contributed by atoms with Gasteiger partial charge in [-0.2, -0.15) is 0 Å². The summed E-state index contributed by atoms with van der Waals surface area (Å²) >= 11 is 1.15. The van der Waals surface area contributed by atoms with Crippen molar-refractivity contribution in [3.05, 3.63) is 45.9 Å². The molecule has 2 aromatic rings. The van der Waals surface area contributed by atoms with E-state index in [1.165, 1.54) is 4.90 Å². The van der Waals surface area contributed by atoms with E-state index in [4.69, 9.17) is 0 Å². The zero-order chi connectivity index (χ0) is 19.1. The van der Waals surface area contributed by atoms with Gasteiger partial charge in [-0.25, -0.2) is 4.98 Å². The average Bonchev–Trinajstić information content (AvgIpc) is 2.58. The van der Waals surface area contributed by atoms with Crippen LogP contribution in [0.5, 0.6) is 0 Å². The van der Waals surface area contributed by atoms with Gasteiger partial charge in [-0.05, 0) is 39.8 Å². The standard InChI is InChI=1S/C18H20N4O3S/c1-10-11(2)19-17(21-15(10)24)26-9-14(23)22-13-8-6-5-7-12(13)20-16(25)18(22,3)4/h5-8H,9H2,1-4H3,(H,20,25)(H,19,21,24). The van der Waals surface area contributed by atoms with Crippen molar-refractivity contribution in [2.24, 2.45) is 0 Å². The summed E-state index contributed by atoms with van der Waals surface area (Å²) in [7, 11) is 0. The summed E-state index contributed by atoms with van der Waals surface area (Å²) in [5.74, 6) is -0.424. The molecule has 0 atom stereocenters. The SMILES string of the molecule is Cc1nc(SCC(=O)N2c3ccccc3NC(=O)C2(C)C)[nH]c(=O)c1C. The Kier molecular flexibility index (Phi) is 4.62. The number of aryl methyl sites for hydroxylation is 1. The highest BCUT2D eigenvalue weighted by Crippen LogP contribution is 2.37. The highest BCUT2D eigenvalue weighted by atomic mass is 32.2. The van der Waals surface area contributed by atoms with Crippen molar-refractivity contribution in [2.45, 2.75) is 38.4 Å². The largest absolute Gasteiger partial charge is 0.322 e. The van der Waals surface area contributed by atoms with Crippen molar-refractivity contribution in [2.75, 3.05) is 16.0 Å². The number of aromatic nitrogens is 2. The van der Waals surface area contributed by atoms with E-state index in [0.29, 0.717) is 27.8 Å². The first-order chi connectivity index (χ1) is 12.2. The number of carbonyl (C=O) groups is 2. The van der Waals surface area contributed by atoms with Gasteiger partial charge in [0.15, 0.2) is 5.16 Å². The molecule has 26 heavy (non-hydrogen) atoms. The Hall–Kier alpha value is -2.61. The molecule has 8 heteroatoms. The molecule has 0 unspecified atom stereocenters. The molecular formula is C18H20N4O3S. The van der Waals surface area contributed by atoms with E-state index in [2.05, 4.69) is 15.3 Å². The van der Waals surface area contributed by atoms with E-state index in [9.17, 15) is 14.4 Å². The number of fused-ring (bicyclic) bond motifs is 1. The second-order valence-corrected chi connectivity index (χ2v) is 7.59. The summed E-state index contributed by atoms with van der Waals surface area (Å²) in [6.45, 7) is 6.87. The average molecular weight is 372 g/mol. The van der Waals surface area contributed by atoms with E-state index in [1.54, 1.807) is 45.9 Å². The first-order valence-corrected chi connectivity index (χ1v) is 9.14. The Bertz CT molecular complexity index is 952. The predicted molar refractivity (Wildman–Crippen MR) is 102 cm³/mol. The molecule has 0 saturated carbocycles. The fourth-order valence-electron chi connectivity index (χ4n) is 2.78. The van der Waals surface area contributed by atoms with Gasteiger partial charge in [-0.3, -0.25) is 19.3 Å². The van der Waals surface area contributed by atoms with Crippen molar-refractivity contribution < 1.29 is 9.59 Å². The van der Waals surface area contributed by atoms with E-state index in [1.807, 2.05) is 6.07 Å². The van der Waals surface area contributed by atoms with E-state index in [0.717, 1.165) is 11.8 Å². The molecule has 1 aliphatic rings. The lowest BCUT2D eigenvalue weighted by atomic mass is 9.96. The van der Waals surface area contributed by atoms with Crippen molar-refractivity contribution in [1.82, 2.24) is 9.97 Å². The molecule has 1 aromatic heterocycles. The summed E-state index contributed by atoms with van der Waals surface area (Å²) in [5, 5.41) is 3.22. The zero-order valence-corrected chi connectivity index (χ0v) is 15.9. The summed E-state index contributed by atoms with van der Waals surface area (Å²) in [4.78, 5) is 45.7. The number of rotatable bonds is 3. The molecule has 0 fully saturated rings. The number of thioether (sulfide) groups is 1. The molecule has 0 radical (unpaired) electrons. The van der Waals surface area contributed by atoms with E-state index < -0.39 is 5.54 Å². The van der Waals surface area contributed by atoms with Crippen molar-refractivity contribution >= 4 is 35.0 Å². The molecular weight excluding hydrogens is 352 g/mol.